The van der Waals surface area contributed by atoms with Crippen molar-refractivity contribution in [3.8, 4) is 0 Å². The lowest BCUT2D eigenvalue weighted by molar-refractivity contribution is -0.122. The lowest BCUT2D eigenvalue weighted by Crippen LogP contribution is -2.45. The third-order valence-electron chi connectivity index (χ3n) is 2.28. The number of carbonyl (C=O) groups excluding carboxylic acids is 2. The number of pyridine rings is 1. The molecule has 0 aliphatic carbocycles. The maximum Gasteiger partial charge on any atom is 0.253 e. The first-order valence-electron chi connectivity index (χ1n) is 5.74. The molecule has 1 aromatic rings. The molecule has 1 atom stereocenters. The summed E-state index contributed by atoms with van der Waals surface area (Å²) in [6.45, 7) is 4.23. The minimum Gasteiger partial charge on any atom is -0.354 e. The van der Waals surface area contributed by atoms with Crippen molar-refractivity contribution in [1.29, 1.82) is 0 Å². The summed E-state index contributed by atoms with van der Waals surface area (Å²) in [6, 6.07) is 2.76. The number of nitrogens with one attached hydrogen (secondary N) is 2. The monoisotopic (exact) mass is 313 g/mol. The molecule has 0 aliphatic rings. The minimum atomic E-state index is -0.562. The number of rotatable bonds is 5. The number of hydrogen-bond acceptors (Lipinski definition) is 3. The van der Waals surface area contributed by atoms with E-state index >= 15 is 0 Å². The van der Waals surface area contributed by atoms with Crippen molar-refractivity contribution in [2.45, 2.75) is 26.3 Å². The predicted octanol–water partition coefficient (Wildman–Crippen LogP) is 1.49. The van der Waals surface area contributed by atoms with Crippen LogP contribution in [0, 0.1) is 0 Å². The van der Waals surface area contributed by atoms with Gasteiger partial charge in [0.1, 0.15) is 10.6 Å². The van der Waals surface area contributed by atoms with E-state index in [0.717, 1.165) is 6.42 Å². The van der Waals surface area contributed by atoms with E-state index in [2.05, 4.69) is 31.5 Å². The molecule has 1 rings (SSSR count). The van der Waals surface area contributed by atoms with Crippen molar-refractivity contribution in [3.63, 3.8) is 0 Å². The van der Waals surface area contributed by atoms with Crippen molar-refractivity contribution in [1.82, 2.24) is 15.6 Å². The predicted molar refractivity (Wildman–Crippen MR) is 72.2 cm³/mol. The van der Waals surface area contributed by atoms with Gasteiger partial charge in [-0.05, 0) is 41.4 Å². The summed E-state index contributed by atoms with van der Waals surface area (Å²) < 4.78 is 0.660. The average molecular weight is 314 g/mol. The van der Waals surface area contributed by atoms with Crippen LogP contribution < -0.4 is 10.6 Å². The van der Waals surface area contributed by atoms with Gasteiger partial charge in [-0.1, -0.05) is 6.92 Å². The second kappa shape index (κ2) is 7.10. The van der Waals surface area contributed by atoms with E-state index in [-0.39, 0.29) is 11.8 Å². The van der Waals surface area contributed by atoms with E-state index in [1.54, 1.807) is 19.1 Å². The normalized spacial score (nSPS) is 11.7. The molecule has 18 heavy (non-hydrogen) atoms. The summed E-state index contributed by atoms with van der Waals surface area (Å²) in [7, 11) is 0. The molecule has 98 valence electrons. The van der Waals surface area contributed by atoms with Crippen molar-refractivity contribution < 1.29 is 9.59 Å². The Balaban J connectivity index is 2.53. The van der Waals surface area contributed by atoms with Crippen LogP contribution >= 0.6 is 15.9 Å². The molecule has 2 amide bonds. The molecule has 0 aliphatic heterocycles. The van der Waals surface area contributed by atoms with Crippen molar-refractivity contribution in [2.75, 3.05) is 6.54 Å². The van der Waals surface area contributed by atoms with Gasteiger partial charge in [-0.3, -0.25) is 9.59 Å². The van der Waals surface area contributed by atoms with E-state index in [4.69, 9.17) is 0 Å². The third-order valence-corrected chi connectivity index (χ3v) is 2.75. The Morgan fingerprint density at radius 3 is 2.72 bits per heavy atom. The third kappa shape index (κ3) is 4.44. The largest absolute Gasteiger partial charge is 0.354 e. The highest BCUT2D eigenvalue weighted by Crippen LogP contribution is 2.06. The van der Waals surface area contributed by atoms with E-state index in [0.29, 0.717) is 16.7 Å². The molecule has 0 bridgehead atoms. The maximum atomic E-state index is 11.8. The standard InChI is InChI=1S/C12H16BrN3O2/c1-3-6-14-11(17)8(2)16-12(18)9-4-5-10(13)15-7-9/h4-5,7-8H,3,6H2,1-2H3,(H,14,17)(H,16,18). The quantitative estimate of drug-likeness (QED) is 0.809. The molecular formula is C12H16BrN3O2. The molecule has 0 saturated heterocycles. The Hall–Kier alpha value is -1.43. The van der Waals surface area contributed by atoms with Gasteiger partial charge in [-0.25, -0.2) is 4.98 Å². The Labute approximate surface area is 114 Å². The van der Waals surface area contributed by atoms with Crippen LogP contribution in [0.4, 0.5) is 0 Å². The zero-order valence-electron chi connectivity index (χ0n) is 10.4. The van der Waals surface area contributed by atoms with E-state index < -0.39 is 6.04 Å². The number of carbonyl (C=O) groups is 2. The summed E-state index contributed by atoms with van der Waals surface area (Å²) in [6.07, 6.45) is 2.32. The van der Waals surface area contributed by atoms with E-state index in [1.807, 2.05) is 6.92 Å². The fourth-order valence-corrected chi connectivity index (χ4v) is 1.49. The lowest BCUT2D eigenvalue weighted by Gasteiger charge is -2.13. The Kier molecular flexibility index (Phi) is 5.77. The highest BCUT2D eigenvalue weighted by Gasteiger charge is 2.15. The Bertz CT molecular complexity index is 420. The number of nitrogens with zero attached hydrogens (tertiary/aromatic N) is 1. The van der Waals surface area contributed by atoms with Gasteiger partial charge in [-0.15, -0.1) is 0 Å². The highest BCUT2D eigenvalue weighted by molar-refractivity contribution is 9.10. The van der Waals surface area contributed by atoms with Crippen LogP contribution in [-0.2, 0) is 4.79 Å². The number of hydrogen-bond donors (Lipinski definition) is 2. The van der Waals surface area contributed by atoms with Gasteiger partial charge in [-0.2, -0.15) is 0 Å². The van der Waals surface area contributed by atoms with Crippen LogP contribution in [0.5, 0.6) is 0 Å². The molecule has 1 heterocycles. The van der Waals surface area contributed by atoms with Crippen molar-refractivity contribution in [3.05, 3.63) is 28.5 Å². The molecule has 0 fully saturated rings. The van der Waals surface area contributed by atoms with Gasteiger partial charge in [0.05, 0.1) is 5.56 Å². The molecule has 5 nitrogen and oxygen atoms in total. The highest BCUT2D eigenvalue weighted by atomic mass is 79.9. The summed E-state index contributed by atoms with van der Waals surface area (Å²) in [5.41, 5.74) is 0.424. The van der Waals surface area contributed by atoms with Crippen LogP contribution in [0.2, 0.25) is 0 Å². The van der Waals surface area contributed by atoms with E-state index in [1.165, 1.54) is 6.20 Å². The molecule has 0 aromatic carbocycles. The molecule has 0 saturated carbocycles. The van der Waals surface area contributed by atoms with Crippen LogP contribution in [0.15, 0.2) is 22.9 Å². The minimum absolute atomic E-state index is 0.185. The Morgan fingerprint density at radius 2 is 2.17 bits per heavy atom. The van der Waals surface area contributed by atoms with Crippen molar-refractivity contribution in [2.24, 2.45) is 0 Å². The van der Waals surface area contributed by atoms with Crippen molar-refractivity contribution >= 4 is 27.7 Å². The lowest BCUT2D eigenvalue weighted by atomic mass is 10.2. The molecule has 2 N–H and O–H groups in total. The van der Waals surface area contributed by atoms with Gasteiger partial charge in [0.25, 0.3) is 5.91 Å². The molecular weight excluding hydrogens is 298 g/mol. The number of halogens is 1. The second-order valence-corrected chi connectivity index (χ2v) is 4.67. The topological polar surface area (TPSA) is 71.1 Å². The smallest absolute Gasteiger partial charge is 0.253 e. The van der Waals surface area contributed by atoms with Crippen LogP contribution in [-0.4, -0.2) is 29.4 Å². The fourth-order valence-electron chi connectivity index (χ4n) is 1.26. The van der Waals surface area contributed by atoms with Crippen LogP contribution in [0.3, 0.4) is 0 Å². The van der Waals surface area contributed by atoms with Gasteiger partial charge in [0, 0.05) is 12.7 Å². The molecule has 6 heteroatoms. The van der Waals surface area contributed by atoms with E-state index in [9.17, 15) is 9.59 Å². The molecule has 1 aromatic heterocycles. The summed E-state index contributed by atoms with van der Waals surface area (Å²) in [4.78, 5) is 27.3. The first-order chi connectivity index (χ1) is 8.54. The first kappa shape index (κ1) is 14.6. The molecule has 1 unspecified atom stereocenters. The summed E-state index contributed by atoms with van der Waals surface area (Å²) >= 11 is 3.19. The zero-order chi connectivity index (χ0) is 13.5. The van der Waals surface area contributed by atoms with Gasteiger partial charge in [0.15, 0.2) is 0 Å². The molecule has 0 radical (unpaired) electrons. The second-order valence-electron chi connectivity index (χ2n) is 3.86. The van der Waals surface area contributed by atoms with Gasteiger partial charge in [0.2, 0.25) is 5.91 Å². The fraction of sp³-hybridized carbons (Fsp3) is 0.417. The zero-order valence-corrected chi connectivity index (χ0v) is 12.0. The van der Waals surface area contributed by atoms with Gasteiger partial charge >= 0.3 is 0 Å². The number of aromatic nitrogens is 1. The summed E-state index contributed by atoms with van der Waals surface area (Å²) in [5.74, 6) is -0.496. The number of amides is 2. The summed E-state index contributed by atoms with van der Waals surface area (Å²) in [5, 5.41) is 5.34. The van der Waals surface area contributed by atoms with Gasteiger partial charge < -0.3 is 10.6 Å². The first-order valence-corrected chi connectivity index (χ1v) is 6.54. The SMILES string of the molecule is CCCNC(=O)C(C)NC(=O)c1ccc(Br)nc1. The maximum absolute atomic E-state index is 11.8. The average Bonchev–Trinajstić information content (AvgIpc) is 2.36. The Morgan fingerprint density at radius 1 is 1.44 bits per heavy atom. The molecule has 0 spiro atoms. The van der Waals surface area contributed by atoms with Crippen LogP contribution in [0.1, 0.15) is 30.6 Å². The van der Waals surface area contributed by atoms with Crippen LogP contribution in [0.25, 0.3) is 0 Å².